The number of aryl methyl sites for hydroxylation is 1. The van der Waals surface area contributed by atoms with Crippen LogP contribution in [0.5, 0.6) is 0 Å². The van der Waals surface area contributed by atoms with Crippen molar-refractivity contribution in [2.75, 3.05) is 0 Å². The third-order valence-corrected chi connectivity index (χ3v) is 2.23. The molecule has 3 nitrogen and oxygen atoms in total. The first-order chi connectivity index (χ1) is 6.69. The molecule has 0 bridgehead atoms. The van der Waals surface area contributed by atoms with Gasteiger partial charge in [0.2, 0.25) is 0 Å². The first kappa shape index (κ1) is 10.6. The topological polar surface area (TPSA) is 64.4 Å². The molecule has 1 rings (SSSR count). The standard InChI is InChI=1S/C11H17N3/c1-3-8-6-5-7-10(9(8)4-2)14-11(12)13/h5-7H,3-4H2,1-2H3,(H4,12,13,14). The van der Waals surface area contributed by atoms with Crippen LogP contribution in [0, 0.1) is 0 Å². The SMILES string of the molecule is CCc1cccc(N=C(N)N)c1CC. The number of guanidine groups is 1. The zero-order valence-corrected chi connectivity index (χ0v) is 8.75. The highest BCUT2D eigenvalue weighted by Gasteiger charge is 2.03. The number of benzene rings is 1. The van der Waals surface area contributed by atoms with Crippen LogP contribution >= 0.6 is 0 Å². The van der Waals surface area contributed by atoms with Gasteiger partial charge in [0.05, 0.1) is 5.69 Å². The van der Waals surface area contributed by atoms with Crippen molar-refractivity contribution in [1.29, 1.82) is 0 Å². The monoisotopic (exact) mass is 191 g/mol. The van der Waals surface area contributed by atoms with Crippen molar-refractivity contribution in [3.63, 3.8) is 0 Å². The van der Waals surface area contributed by atoms with Crippen LogP contribution in [0.25, 0.3) is 0 Å². The minimum atomic E-state index is 0.118. The molecule has 3 heteroatoms. The zero-order valence-electron chi connectivity index (χ0n) is 8.75. The molecule has 0 spiro atoms. The van der Waals surface area contributed by atoms with Crippen molar-refractivity contribution in [3.05, 3.63) is 29.3 Å². The van der Waals surface area contributed by atoms with Crippen LogP contribution in [-0.4, -0.2) is 5.96 Å². The van der Waals surface area contributed by atoms with E-state index in [-0.39, 0.29) is 5.96 Å². The van der Waals surface area contributed by atoms with Crippen molar-refractivity contribution >= 4 is 11.6 Å². The van der Waals surface area contributed by atoms with Crippen LogP contribution < -0.4 is 11.5 Å². The lowest BCUT2D eigenvalue weighted by atomic mass is 10.0. The molecule has 0 aliphatic rings. The van der Waals surface area contributed by atoms with Crippen molar-refractivity contribution in [3.8, 4) is 0 Å². The van der Waals surface area contributed by atoms with Gasteiger partial charge in [0.25, 0.3) is 0 Å². The summed E-state index contributed by atoms with van der Waals surface area (Å²) in [5.74, 6) is 0.118. The molecule has 0 amide bonds. The molecule has 0 saturated heterocycles. The van der Waals surface area contributed by atoms with Crippen LogP contribution in [-0.2, 0) is 12.8 Å². The lowest BCUT2D eigenvalue weighted by molar-refractivity contribution is 1.03. The fraction of sp³-hybridized carbons (Fsp3) is 0.364. The Morgan fingerprint density at radius 3 is 2.43 bits per heavy atom. The van der Waals surface area contributed by atoms with Gasteiger partial charge in [0.15, 0.2) is 5.96 Å². The molecular weight excluding hydrogens is 174 g/mol. The van der Waals surface area contributed by atoms with Gasteiger partial charge in [0.1, 0.15) is 0 Å². The van der Waals surface area contributed by atoms with Crippen LogP contribution in [0.4, 0.5) is 5.69 Å². The summed E-state index contributed by atoms with van der Waals surface area (Å²) >= 11 is 0. The summed E-state index contributed by atoms with van der Waals surface area (Å²) < 4.78 is 0. The quantitative estimate of drug-likeness (QED) is 0.564. The number of nitrogens with two attached hydrogens (primary N) is 2. The lowest BCUT2D eigenvalue weighted by Crippen LogP contribution is -2.22. The van der Waals surface area contributed by atoms with E-state index in [2.05, 4.69) is 24.9 Å². The molecule has 0 aliphatic heterocycles. The molecule has 0 aromatic heterocycles. The van der Waals surface area contributed by atoms with Gasteiger partial charge in [-0.05, 0) is 30.0 Å². The van der Waals surface area contributed by atoms with Crippen molar-refractivity contribution < 1.29 is 0 Å². The van der Waals surface area contributed by atoms with Gasteiger partial charge in [-0.2, -0.15) is 0 Å². The van der Waals surface area contributed by atoms with E-state index in [0.29, 0.717) is 0 Å². The summed E-state index contributed by atoms with van der Waals surface area (Å²) in [6.07, 6.45) is 1.97. The van der Waals surface area contributed by atoms with E-state index in [0.717, 1.165) is 18.5 Å². The van der Waals surface area contributed by atoms with Crippen molar-refractivity contribution in [2.24, 2.45) is 16.5 Å². The molecule has 0 saturated carbocycles. The van der Waals surface area contributed by atoms with Crippen LogP contribution in [0.1, 0.15) is 25.0 Å². The smallest absolute Gasteiger partial charge is 0.191 e. The number of hydrogen-bond acceptors (Lipinski definition) is 1. The molecule has 0 atom stereocenters. The maximum absolute atomic E-state index is 5.37. The van der Waals surface area contributed by atoms with Crippen LogP contribution in [0.3, 0.4) is 0 Å². The third kappa shape index (κ3) is 2.25. The third-order valence-electron chi connectivity index (χ3n) is 2.23. The Morgan fingerprint density at radius 1 is 1.21 bits per heavy atom. The molecule has 0 unspecified atom stereocenters. The molecule has 76 valence electrons. The van der Waals surface area contributed by atoms with Gasteiger partial charge in [-0.15, -0.1) is 0 Å². The highest BCUT2D eigenvalue weighted by Crippen LogP contribution is 2.23. The Labute approximate surface area is 84.8 Å². The molecule has 14 heavy (non-hydrogen) atoms. The molecule has 0 fully saturated rings. The number of nitrogens with zero attached hydrogens (tertiary/aromatic N) is 1. The summed E-state index contributed by atoms with van der Waals surface area (Å²) in [5.41, 5.74) is 14.2. The van der Waals surface area contributed by atoms with Gasteiger partial charge in [-0.25, -0.2) is 4.99 Å². The van der Waals surface area contributed by atoms with Gasteiger partial charge < -0.3 is 11.5 Å². The molecule has 4 N–H and O–H groups in total. The molecule has 1 aromatic rings. The average Bonchev–Trinajstić information content (AvgIpc) is 2.16. The van der Waals surface area contributed by atoms with E-state index in [4.69, 9.17) is 11.5 Å². The Balaban J connectivity index is 3.22. The summed E-state index contributed by atoms with van der Waals surface area (Å²) in [7, 11) is 0. The normalized spacial score (nSPS) is 9.86. The average molecular weight is 191 g/mol. The second kappa shape index (κ2) is 4.65. The van der Waals surface area contributed by atoms with Gasteiger partial charge >= 0.3 is 0 Å². The van der Waals surface area contributed by atoms with Crippen molar-refractivity contribution in [2.45, 2.75) is 26.7 Å². The molecule has 1 aromatic carbocycles. The Morgan fingerprint density at radius 2 is 1.93 bits per heavy atom. The Hall–Kier alpha value is -1.51. The summed E-state index contributed by atoms with van der Waals surface area (Å²) in [6, 6.07) is 6.04. The predicted molar refractivity (Wildman–Crippen MR) is 60.7 cm³/mol. The minimum Gasteiger partial charge on any atom is -0.370 e. The first-order valence-electron chi connectivity index (χ1n) is 4.89. The van der Waals surface area contributed by atoms with Crippen molar-refractivity contribution in [1.82, 2.24) is 0 Å². The molecule has 0 radical (unpaired) electrons. The predicted octanol–water partition coefficient (Wildman–Crippen LogP) is 1.72. The van der Waals surface area contributed by atoms with E-state index in [1.54, 1.807) is 0 Å². The van der Waals surface area contributed by atoms with E-state index in [1.807, 2.05) is 12.1 Å². The first-order valence-corrected chi connectivity index (χ1v) is 4.89. The minimum absolute atomic E-state index is 0.118. The zero-order chi connectivity index (χ0) is 10.6. The molecular formula is C11H17N3. The van der Waals surface area contributed by atoms with E-state index >= 15 is 0 Å². The summed E-state index contributed by atoms with van der Waals surface area (Å²) in [5, 5.41) is 0. The van der Waals surface area contributed by atoms with Gasteiger partial charge in [0, 0.05) is 0 Å². The second-order valence-electron chi connectivity index (χ2n) is 3.16. The fourth-order valence-corrected chi connectivity index (χ4v) is 1.60. The van der Waals surface area contributed by atoms with Crippen LogP contribution in [0.2, 0.25) is 0 Å². The second-order valence-corrected chi connectivity index (χ2v) is 3.16. The Kier molecular flexibility index (Phi) is 3.51. The van der Waals surface area contributed by atoms with Crippen LogP contribution in [0.15, 0.2) is 23.2 Å². The maximum atomic E-state index is 5.37. The molecule has 0 heterocycles. The largest absolute Gasteiger partial charge is 0.370 e. The maximum Gasteiger partial charge on any atom is 0.191 e. The Bertz CT molecular complexity index is 338. The number of aliphatic imine (C=N–C) groups is 1. The summed E-state index contributed by atoms with van der Waals surface area (Å²) in [6.45, 7) is 4.24. The lowest BCUT2D eigenvalue weighted by Gasteiger charge is -2.08. The fourth-order valence-electron chi connectivity index (χ4n) is 1.60. The van der Waals surface area contributed by atoms with E-state index < -0.39 is 0 Å². The number of hydrogen-bond donors (Lipinski definition) is 2. The van der Waals surface area contributed by atoms with Gasteiger partial charge in [-0.3, -0.25) is 0 Å². The van der Waals surface area contributed by atoms with E-state index in [9.17, 15) is 0 Å². The summed E-state index contributed by atoms with van der Waals surface area (Å²) in [4.78, 5) is 4.11. The highest BCUT2D eigenvalue weighted by molar-refractivity contribution is 5.79. The highest BCUT2D eigenvalue weighted by atomic mass is 15.0. The van der Waals surface area contributed by atoms with E-state index in [1.165, 1.54) is 11.1 Å². The number of rotatable bonds is 3. The molecule has 0 aliphatic carbocycles. The van der Waals surface area contributed by atoms with Gasteiger partial charge in [-0.1, -0.05) is 26.0 Å².